The van der Waals surface area contributed by atoms with Gasteiger partial charge in [0.15, 0.2) is 0 Å². The zero-order valence-corrected chi connectivity index (χ0v) is 19.4. The number of para-hydroxylation sites is 3. The van der Waals surface area contributed by atoms with E-state index in [2.05, 4.69) is 38.6 Å². The number of aryl methyl sites for hydroxylation is 2. The fourth-order valence-electron chi connectivity index (χ4n) is 4.08. The summed E-state index contributed by atoms with van der Waals surface area (Å²) < 4.78 is 3.54. The number of carbonyl (C=O) groups excluding carboxylic acids is 1. The van der Waals surface area contributed by atoms with E-state index in [9.17, 15) is 9.59 Å². The molecule has 1 N–H and O–H groups in total. The minimum atomic E-state index is -0.189. The molecule has 0 atom stereocenters. The van der Waals surface area contributed by atoms with Gasteiger partial charge in [0, 0.05) is 26.1 Å². The molecule has 4 rings (SSSR count). The molecule has 0 saturated heterocycles. The summed E-state index contributed by atoms with van der Waals surface area (Å²) in [5, 5.41) is 3.52. The van der Waals surface area contributed by atoms with Crippen LogP contribution in [0.5, 0.6) is 0 Å². The summed E-state index contributed by atoms with van der Waals surface area (Å²) in [6.45, 7) is 10.0. The third kappa shape index (κ3) is 4.80. The fourth-order valence-corrected chi connectivity index (χ4v) is 4.08. The van der Waals surface area contributed by atoms with Crippen LogP contribution < -0.4 is 10.9 Å². The van der Waals surface area contributed by atoms with Gasteiger partial charge in [-0.1, -0.05) is 38.1 Å². The van der Waals surface area contributed by atoms with Crippen LogP contribution in [0.3, 0.4) is 0 Å². The number of aromatic nitrogens is 4. The maximum absolute atomic E-state index is 12.8. The zero-order chi connectivity index (χ0) is 23.4. The van der Waals surface area contributed by atoms with E-state index in [-0.39, 0.29) is 24.4 Å². The van der Waals surface area contributed by atoms with E-state index in [1.807, 2.05) is 43.3 Å². The number of anilines is 1. The van der Waals surface area contributed by atoms with Crippen LogP contribution in [0.15, 0.2) is 53.6 Å². The van der Waals surface area contributed by atoms with Crippen LogP contribution in [-0.4, -0.2) is 49.5 Å². The van der Waals surface area contributed by atoms with Gasteiger partial charge in [0.1, 0.15) is 0 Å². The summed E-state index contributed by atoms with van der Waals surface area (Å²) in [5.41, 5.74) is 3.36. The van der Waals surface area contributed by atoms with Gasteiger partial charge in [-0.3, -0.25) is 19.5 Å². The van der Waals surface area contributed by atoms with E-state index in [1.54, 1.807) is 6.07 Å². The minimum absolute atomic E-state index is 0.136. The van der Waals surface area contributed by atoms with E-state index < -0.39 is 0 Å². The molecular formula is C25H30N6O2. The lowest BCUT2D eigenvalue weighted by atomic mass is 10.1. The van der Waals surface area contributed by atoms with Crippen LogP contribution in [0.4, 0.5) is 5.95 Å². The van der Waals surface area contributed by atoms with Crippen molar-refractivity contribution in [3.63, 3.8) is 0 Å². The lowest BCUT2D eigenvalue weighted by molar-refractivity contribution is -0.116. The van der Waals surface area contributed by atoms with Crippen molar-refractivity contribution < 1.29 is 4.79 Å². The summed E-state index contributed by atoms with van der Waals surface area (Å²) in [5.74, 6) is 0.346. The third-order valence-electron chi connectivity index (χ3n) is 6.08. The minimum Gasteiger partial charge on any atom is -0.309 e. The Balaban J connectivity index is 1.50. The molecule has 33 heavy (non-hydrogen) atoms. The van der Waals surface area contributed by atoms with Gasteiger partial charge < -0.3 is 9.47 Å². The first-order valence-electron chi connectivity index (χ1n) is 11.4. The lowest BCUT2D eigenvalue weighted by Gasteiger charge is -2.19. The van der Waals surface area contributed by atoms with E-state index >= 15 is 0 Å². The fraction of sp³-hybridized carbons (Fsp3) is 0.360. The number of carbonyl (C=O) groups is 1. The summed E-state index contributed by atoms with van der Waals surface area (Å²) in [6, 6.07) is 13.4. The highest BCUT2D eigenvalue weighted by atomic mass is 16.2. The molecule has 2 heterocycles. The van der Waals surface area contributed by atoms with Crippen LogP contribution in [0, 0.1) is 6.92 Å². The van der Waals surface area contributed by atoms with Crippen LogP contribution in [-0.2, 0) is 17.9 Å². The second-order valence-corrected chi connectivity index (χ2v) is 8.12. The van der Waals surface area contributed by atoms with Crippen molar-refractivity contribution in [2.75, 3.05) is 25.0 Å². The SMILES string of the molecule is CCN(CC)CCn1c(NC(=O)CCn2cnc3c(C)cccc3c2=O)nc2ccccc21. The molecule has 1 amide bonds. The summed E-state index contributed by atoms with van der Waals surface area (Å²) >= 11 is 0. The average molecular weight is 447 g/mol. The van der Waals surface area contributed by atoms with Gasteiger partial charge in [-0.15, -0.1) is 0 Å². The number of nitrogens with zero attached hydrogens (tertiary/aromatic N) is 5. The molecule has 0 bridgehead atoms. The molecule has 0 radical (unpaired) electrons. The Labute approximate surface area is 192 Å². The Bertz CT molecular complexity index is 1340. The molecule has 8 heteroatoms. The van der Waals surface area contributed by atoms with Crippen molar-refractivity contribution in [1.82, 2.24) is 24.0 Å². The van der Waals surface area contributed by atoms with Crippen LogP contribution >= 0.6 is 0 Å². The highest BCUT2D eigenvalue weighted by Crippen LogP contribution is 2.20. The first-order valence-corrected chi connectivity index (χ1v) is 11.4. The molecule has 0 saturated carbocycles. The molecule has 0 unspecified atom stereocenters. The second-order valence-electron chi connectivity index (χ2n) is 8.12. The van der Waals surface area contributed by atoms with Crippen molar-refractivity contribution >= 4 is 33.8 Å². The molecule has 0 aliphatic rings. The Hall–Kier alpha value is -3.52. The quantitative estimate of drug-likeness (QED) is 0.426. The predicted molar refractivity (Wildman–Crippen MR) is 132 cm³/mol. The van der Waals surface area contributed by atoms with E-state index in [0.29, 0.717) is 16.9 Å². The topological polar surface area (TPSA) is 85.0 Å². The Kier molecular flexibility index (Phi) is 6.84. The number of fused-ring (bicyclic) bond motifs is 2. The Morgan fingerprint density at radius 3 is 2.64 bits per heavy atom. The summed E-state index contributed by atoms with van der Waals surface area (Å²) in [7, 11) is 0. The molecule has 2 aromatic heterocycles. The monoisotopic (exact) mass is 446 g/mol. The van der Waals surface area contributed by atoms with E-state index in [1.165, 1.54) is 10.9 Å². The van der Waals surface area contributed by atoms with Crippen molar-refractivity contribution in [3.05, 3.63) is 64.7 Å². The molecule has 2 aromatic carbocycles. The summed E-state index contributed by atoms with van der Waals surface area (Å²) in [4.78, 5) is 37.0. The van der Waals surface area contributed by atoms with E-state index in [0.717, 1.165) is 42.8 Å². The molecule has 0 aliphatic heterocycles. The number of amides is 1. The van der Waals surface area contributed by atoms with Crippen molar-refractivity contribution in [1.29, 1.82) is 0 Å². The molecule has 0 spiro atoms. The van der Waals surface area contributed by atoms with Gasteiger partial charge in [0.2, 0.25) is 11.9 Å². The van der Waals surface area contributed by atoms with Gasteiger partial charge in [0.05, 0.1) is 28.3 Å². The van der Waals surface area contributed by atoms with Gasteiger partial charge in [0.25, 0.3) is 5.56 Å². The standard InChI is InChI=1S/C25H30N6O2/c1-4-29(5-2)15-16-31-21-12-7-6-11-20(21)27-25(31)28-22(32)13-14-30-17-26-23-18(3)9-8-10-19(23)24(30)33/h6-12,17H,4-5,13-16H2,1-3H3,(H,27,28,32). The maximum atomic E-state index is 12.8. The van der Waals surface area contributed by atoms with Gasteiger partial charge in [-0.25, -0.2) is 9.97 Å². The Morgan fingerprint density at radius 1 is 1.06 bits per heavy atom. The van der Waals surface area contributed by atoms with Gasteiger partial charge in [-0.2, -0.15) is 0 Å². The van der Waals surface area contributed by atoms with Crippen LogP contribution in [0.1, 0.15) is 25.8 Å². The first kappa shape index (κ1) is 22.7. The molecule has 4 aromatic rings. The molecule has 0 aliphatic carbocycles. The van der Waals surface area contributed by atoms with Crippen molar-refractivity contribution in [2.45, 2.75) is 40.3 Å². The number of imidazole rings is 1. The number of hydrogen-bond acceptors (Lipinski definition) is 5. The molecule has 172 valence electrons. The van der Waals surface area contributed by atoms with E-state index in [4.69, 9.17) is 0 Å². The highest BCUT2D eigenvalue weighted by Gasteiger charge is 2.15. The van der Waals surface area contributed by atoms with Gasteiger partial charge in [-0.05, 0) is 43.8 Å². The normalized spacial score (nSPS) is 11.5. The average Bonchev–Trinajstić information content (AvgIpc) is 3.16. The zero-order valence-electron chi connectivity index (χ0n) is 19.4. The lowest BCUT2D eigenvalue weighted by Crippen LogP contribution is -2.28. The smallest absolute Gasteiger partial charge is 0.261 e. The van der Waals surface area contributed by atoms with Crippen LogP contribution in [0.2, 0.25) is 0 Å². The molecular weight excluding hydrogens is 416 g/mol. The number of hydrogen-bond donors (Lipinski definition) is 1. The van der Waals surface area contributed by atoms with Crippen molar-refractivity contribution in [3.8, 4) is 0 Å². The Morgan fingerprint density at radius 2 is 1.85 bits per heavy atom. The first-order chi connectivity index (χ1) is 16.0. The van der Waals surface area contributed by atoms with Crippen LogP contribution in [0.25, 0.3) is 21.9 Å². The molecule has 8 nitrogen and oxygen atoms in total. The largest absolute Gasteiger partial charge is 0.309 e. The molecule has 0 fully saturated rings. The number of benzene rings is 2. The predicted octanol–water partition coefficient (Wildman–Crippen LogP) is 3.43. The number of rotatable bonds is 9. The van der Waals surface area contributed by atoms with Crippen molar-refractivity contribution in [2.24, 2.45) is 0 Å². The summed E-state index contributed by atoms with van der Waals surface area (Å²) in [6.07, 6.45) is 1.67. The third-order valence-corrected chi connectivity index (χ3v) is 6.08. The number of nitrogens with one attached hydrogen (secondary N) is 1. The maximum Gasteiger partial charge on any atom is 0.261 e. The van der Waals surface area contributed by atoms with Gasteiger partial charge >= 0.3 is 0 Å². The second kappa shape index (κ2) is 9.95. The number of likely N-dealkylation sites (N-methyl/N-ethyl adjacent to an activating group) is 1. The highest BCUT2D eigenvalue weighted by molar-refractivity contribution is 5.91.